The average molecular weight is 407 g/mol. The van der Waals surface area contributed by atoms with Crippen LogP contribution in [0.25, 0.3) is 0 Å². The van der Waals surface area contributed by atoms with Crippen molar-refractivity contribution in [3.8, 4) is 5.88 Å². The van der Waals surface area contributed by atoms with Gasteiger partial charge in [-0.25, -0.2) is 4.98 Å². The minimum absolute atomic E-state index is 0.0753. The van der Waals surface area contributed by atoms with E-state index in [1.54, 1.807) is 29.2 Å². The van der Waals surface area contributed by atoms with E-state index in [1.165, 1.54) is 12.1 Å². The number of pyridine rings is 1. The second-order valence-corrected chi connectivity index (χ2v) is 6.68. The van der Waals surface area contributed by atoms with Crippen LogP contribution in [0.3, 0.4) is 0 Å². The van der Waals surface area contributed by atoms with Gasteiger partial charge in [-0.05, 0) is 43.5 Å². The Morgan fingerprint density at radius 1 is 1.07 bits per heavy atom. The Bertz CT molecular complexity index is 863. The molecule has 2 heterocycles. The van der Waals surface area contributed by atoms with Gasteiger partial charge in [0.25, 0.3) is 11.8 Å². The summed E-state index contributed by atoms with van der Waals surface area (Å²) < 4.78 is 41.0. The number of benzene rings is 1. The van der Waals surface area contributed by atoms with Crippen LogP contribution in [0.1, 0.15) is 40.0 Å². The Kier molecular flexibility index (Phi) is 6.36. The van der Waals surface area contributed by atoms with Gasteiger partial charge in [-0.3, -0.25) is 9.59 Å². The van der Waals surface area contributed by atoms with Gasteiger partial charge in [0.05, 0.1) is 5.56 Å². The Labute approximate surface area is 165 Å². The van der Waals surface area contributed by atoms with Gasteiger partial charge in [-0.1, -0.05) is 6.07 Å². The first-order chi connectivity index (χ1) is 13.8. The fourth-order valence-electron chi connectivity index (χ4n) is 2.97. The Morgan fingerprint density at radius 2 is 1.83 bits per heavy atom. The molecule has 3 rings (SSSR count). The molecule has 1 aliphatic rings. The van der Waals surface area contributed by atoms with E-state index in [4.69, 9.17) is 0 Å². The molecule has 1 aliphatic heterocycles. The normalized spacial score (nSPS) is 14.4. The van der Waals surface area contributed by atoms with Gasteiger partial charge >= 0.3 is 6.18 Å². The fourth-order valence-corrected chi connectivity index (χ4v) is 2.97. The van der Waals surface area contributed by atoms with Crippen molar-refractivity contribution in [2.75, 3.05) is 25.0 Å². The maximum atomic E-state index is 12.6. The van der Waals surface area contributed by atoms with Gasteiger partial charge in [0.15, 0.2) is 6.61 Å². The van der Waals surface area contributed by atoms with Gasteiger partial charge in [-0.2, -0.15) is 13.2 Å². The summed E-state index contributed by atoms with van der Waals surface area (Å²) in [6, 6.07) is 9.13. The molecule has 0 atom stereocenters. The number of aromatic nitrogens is 1. The second-order valence-electron chi connectivity index (χ2n) is 6.68. The summed E-state index contributed by atoms with van der Waals surface area (Å²) >= 11 is 0. The number of halogens is 3. The lowest BCUT2D eigenvalue weighted by Crippen LogP contribution is -2.35. The highest BCUT2D eigenvalue weighted by atomic mass is 19.4. The Hall–Kier alpha value is -3.10. The van der Waals surface area contributed by atoms with Gasteiger partial charge in [0.2, 0.25) is 5.88 Å². The van der Waals surface area contributed by atoms with Crippen LogP contribution < -0.4 is 10.1 Å². The molecule has 1 aromatic heterocycles. The molecule has 2 amide bonds. The summed E-state index contributed by atoms with van der Waals surface area (Å²) in [6.07, 6.45) is -0.248. The van der Waals surface area contributed by atoms with Crippen LogP contribution in [-0.4, -0.2) is 47.6 Å². The van der Waals surface area contributed by atoms with E-state index in [1.807, 2.05) is 0 Å². The van der Waals surface area contributed by atoms with Gasteiger partial charge in [-0.15, -0.1) is 0 Å². The lowest BCUT2D eigenvalue weighted by Gasteiger charge is -2.26. The fraction of sp³-hybridized carbons (Fsp3) is 0.350. The SMILES string of the molecule is O=C(Nc1cccc(C(=O)N2CCCCC2)c1)c1ccc(OCC(F)(F)F)nc1. The molecule has 1 aromatic carbocycles. The zero-order valence-electron chi connectivity index (χ0n) is 15.5. The number of hydrogen-bond acceptors (Lipinski definition) is 4. The number of carbonyl (C=O) groups is 2. The third-order valence-corrected chi connectivity index (χ3v) is 4.39. The molecular weight excluding hydrogens is 387 g/mol. The number of piperidine rings is 1. The van der Waals surface area contributed by atoms with Crippen LogP contribution in [0.15, 0.2) is 42.6 Å². The Morgan fingerprint density at radius 3 is 2.48 bits per heavy atom. The third-order valence-electron chi connectivity index (χ3n) is 4.39. The summed E-state index contributed by atoms with van der Waals surface area (Å²) in [4.78, 5) is 30.5. The van der Waals surface area contributed by atoms with Crippen molar-refractivity contribution < 1.29 is 27.5 Å². The first-order valence-electron chi connectivity index (χ1n) is 9.18. The summed E-state index contributed by atoms with van der Waals surface area (Å²) in [5, 5.41) is 2.66. The third kappa shape index (κ3) is 5.94. The zero-order chi connectivity index (χ0) is 20.9. The van der Waals surface area contributed by atoms with Gasteiger partial charge in [0, 0.05) is 36.6 Å². The number of hydrogen-bond donors (Lipinski definition) is 1. The van der Waals surface area contributed by atoms with Crippen LogP contribution in [-0.2, 0) is 0 Å². The smallest absolute Gasteiger partial charge is 0.422 e. The van der Waals surface area contributed by atoms with Gasteiger partial charge < -0.3 is 15.0 Å². The number of anilines is 1. The van der Waals surface area contributed by atoms with Crippen molar-refractivity contribution in [2.45, 2.75) is 25.4 Å². The molecule has 1 N–H and O–H groups in total. The van der Waals surface area contributed by atoms with E-state index in [0.29, 0.717) is 11.3 Å². The molecule has 0 unspecified atom stereocenters. The minimum atomic E-state index is -4.46. The number of nitrogens with one attached hydrogen (secondary N) is 1. The predicted molar refractivity (Wildman–Crippen MR) is 99.9 cm³/mol. The molecule has 0 radical (unpaired) electrons. The minimum Gasteiger partial charge on any atom is -0.468 e. The number of ether oxygens (including phenoxy) is 1. The van der Waals surface area contributed by atoms with Crippen LogP contribution in [0, 0.1) is 0 Å². The van der Waals surface area contributed by atoms with E-state index in [9.17, 15) is 22.8 Å². The molecule has 154 valence electrons. The molecule has 0 bridgehead atoms. The largest absolute Gasteiger partial charge is 0.468 e. The van der Waals surface area contributed by atoms with Crippen LogP contribution in [0.4, 0.5) is 18.9 Å². The number of amides is 2. The first kappa shape index (κ1) is 20.6. The number of nitrogens with zero attached hydrogens (tertiary/aromatic N) is 2. The van der Waals surface area contributed by atoms with Crippen LogP contribution in [0.5, 0.6) is 5.88 Å². The predicted octanol–water partition coefficient (Wildman–Crippen LogP) is 3.90. The van der Waals surface area contributed by atoms with Crippen LogP contribution in [0.2, 0.25) is 0 Å². The van der Waals surface area contributed by atoms with Crippen molar-refractivity contribution >= 4 is 17.5 Å². The highest BCUT2D eigenvalue weighted by Crippen LogP contribution is 2.19. The molecule has 1 saturated heterocycles. The second kappa shape index (κ2) is 8.93. The maximum absolute atomic E-state index is 12.6. The van der Waals surface area contributed by atoms with Crippen molar-refractivity contribution in [1.29, 1.82) is 0 Å². The molecular formula is C20H20F3N3O3. The molecule has 2 aromatic rings. The Balaban J connectivity index is 1.62. The van der Waals surface area contributed by atoms with Gasteiger partial charge in [0.1, 0.15) is 0 Å². The molecule has 9 heteroatoms. The van der Waals surface area contributed by atoms with Crippen molar-refractivity contribution in [1.82, 2.24) is 9.88 Å². The quantitative estimate of drug-likeness (QED) is 0.816. The molecule has 0 spiro atoms. The molecule has 0 saturated carbocycles. The topological polar surface area (TPSA) is 71.5 Å². The number of carbonyl (C=O) groups excluding carboxylic acids is 2. The van der Waals surface area contributed by atoms with Crippen molar-refractivity contribution in [3.63, 3.8) is 0 Å². The first-order valence-corrected chi connectivity index (χ1v) is 9.18. The standard InChI is InChI=1S/C20H20F3N3O3/c21-20(22,23)13-29-17-8-7-15(12-24-17)18(27)25-16-6-4-5-14(11-16)19(28)26-9-2-1-3-10-26/h4-8,11-12H,1-3,9-10,13H2,(H,25,27). The van der Waals surface area contributed by atoms with E-state index in [-0.39, 0.29) is 17.4 Å². The lowest BCUT2D eigenvalue weighted by atomic mass is 10.1. The number of rotatable bonds is 5. The molecule has 1 fully saturated rings. The van der Waals surface area contributed by atoms with E-state index >= 15 is 0 Å². The molecule has 29 heavy (non-hydrogen) atoms. The van der Waals surface area contributed by atoms with Crippen LogP contribution >= 0.6 is 0 Å². The lowest BCUT2D eigenvalue weighted by molar-refractivity contribution is -0.154. The molecule has 0 aliphatic carbocycles. The average Bonchev–Trinajstić information content (AvgIpc) is 2.72. The summed E-state index contributed by atoms with van der Waals surface area (Å²) in [5.74, 6) is -0.802. The van der Waals surface area contributed by atoms with E-state index in [2.05, 4.69) is 15.0 Å². The monoisotopic (exact) mass is 407 g/mol. The van der Waals surface area contributed by atoms with Crippen molar-refractivity contribution in [2.24, 2.45) is 0 Å². The van der Waals surface area contributed by atoms with E-state index < -0.39 is 18.7 Å². The molecule has 6 nitrogen and oxygen atoms in total. The number of likely N-dealkylation sites (tertiary alicyclic amines) is 1. The maximum Gasteiger partial charge on any atom is 0.422 e. The van der Waals surface area contributed by atoms with Crippen molar-refractivity contribution in [3.05, 3.63) is 53.7 Å². The highest BCUT2D eigenvalue weighted by Gasteiger charge is 2.28. The summed E-state index contributed by atoms with van der Waals surface area (Å²) in [5.41, 5.74) is 1.08. The summed E-state index contributed by atoms with van der Waals surface area (Å²) in [7, 11) is 0. The highest BCUT2D eigenvalue weighted by molar-refractivity contribution is 6.05. The summed E-state index contributed by atoms with van der Waals surface area (Å²) in [6.45, 7) is -0.00290. The zero-order valence-corrected chi connectivity index (χ0v) is 15.5. The number of alkyl halides is 3. The van der Waals surface area contributed by atoms with E-state index in [0.717, 1.165) is 38.5 Å².